The van der Waals surface area contributed by atoms with Crippen LogP contribution in [0, 0.1) is 11.3 Å². The van der Waals surface area contributed by atoms with Crippen molar-refractivity contribution in [2.75, 3.05) is 37.6 Å². The molecular weight excluding hydrogens is 454 g/mol. The van der Waals surface area contributed by atoms with Crippen molar-refractivity contribution in [1.82, 2.24) is 9.80 Å². The van der Waals surface area contributed by atoms with Crippen molar-refractivity contribution >= 4 is 11.6 Å². The van der Waals surface area contributed by atoms with Crippen molar-refractivity contribution in [3.63, 3.8) is 0 Å². The number of piperidine rings is 1. The Hall–Kier alpha value is -2.95. The summed E-state index contributed by atoms with van der Waals surface area (Å²) in [5, 5.41) is 0. The molecule has 2 saturated heterocycles. The van der Waals surface area contributed by atoms with Crippen molar-refractivity contribution in [2.45, 2.75) is 45.7 Å². The third-order valence-electron chi connectivity index (χ3n) is 8.75. The Kier molecular flexibility index (Phi) is 8.07. The Labute approximate surface area is 222 Å². The quantitative estimate of drug-likeness (QED) is 0.371. The van der Waals surface area contributed by atoms with Gasteiger partial charge in [0, 0.05) is 56.3 Å². The fourth-order valence-electron chi connectivity index (χ4n) is 6.78. The minimum absolute atomic E-state index is 0.0321. The maximum atomic E-state index is 13.4. The van der Waals surface area contributed by atoms with Crippen molar-refractivity contribution in [1.29, 1.82) is 0 Å². The standard InChI is InChI=1S/C33H41N3O/c1-3-32(37)36(31-17-11-6-12-18-31)27(2)33-25-34(21-19-28-13-7-4-8-14-28)22-20-30(33)24-35(26-33)23-29-15-9-5-10-16-29/h4-18,27,30H,3,19-26H2,1-2H3. The summed E-state index contributed by atoms with van der Waals surface area (Å²) in [6.45, 7) is 10.7. The first-order valence-corrected chi connectivity index (χ1v) is 14.0. The minimum atomic E-state index is 0.0321. The van der Waals surface area contributed by atoms with Gasteiger partial charge in [-0.15, -0.1) is 0 Å². The Balaban J connectivity index is 1.43. The average molecular weight is 496 g/mol. The fraction of sp³-hybridized carbons (Fsp3) is 0.424. The molecule has 0 aliphatic carbocycles. The van der Waals surface area contributed by atoms with Gasteiger partial charge >= 0.3 is 0 Å². The highest BCUT2D eigenvalue weighted by atomic mass is 16.2. The van der Waals surface area contributed by atoms with Gasteiger partial charge in [-0.05, 0) is 55.5 Å². The number of fused-ring (bicyclic) bond motifs is 1. The van der Waals surface area contributed by atoms with E-state index in [9.17, 15) is 4.79 Å². The first-order valence-electron chi connectivity index (χ1n) is 14.0. The van der Waals surface area contributed by atoms with E-state index < -0.39 is 0 Å². The second-order valence-electron chi connectivity index (χ2n) is 11.0. The number of anilines is 1. The van der Waals surface area contributed by atoms with Gasteiger partial charge in [-0.3, -0.25) is 9.69 Å². The third kappa shape index (κ3) is 5.66. The first-order chi connectivity index (χ1) is 18.1. The molecule has 0 radical (unpaired) electrons. The van der Waals surface area contributed by atoms with Crippen LogP contribution in [0.3, 0.4) is 0 Å². The van der Waals surface area contributed by atoms with Gasteiger partial charge < -0.3 is 9.80 Å². The van der Waals surface area contributed by atoms with Crippen LogP contribution in [-0.2, 0) is 17.8 Å². The molecule has 2 fully saturated rings. The molecule has 0 saturated carbocycles. The van der Waals surface area contributed by atoms with E-state index in [1.165, 1.54) is 17.5 Å². The van der Waals surface area contributed by atoms with Crippen LogP contribution in [0.25, 0.3) is 0 Å². The van der Waals surface area contributed by atoms with E-state index >= 15 is 0 Å². The zero-order chi connectivity index (χ0) is 25.7. The van der Waals surface area contributed by atoms with E-state index in [2.05, 4.69) is 107 Å². The molecule has 0 N–H and O–H groups in total. The minimum Gasteiger partial charge on any atom is -0.309 e. The number of rotatable bonds is 9. The number of hydrogen-bond acceptors (Lipinski definition) is 3. The van der Waals surface area contributed by atoms with Gasteiger partial charge in [0.25, 0.3) is 0 Å². The summed E-state index contributed by atoms with van der Waals surface area (Å²) in [5.41, 5.74) is 3.83. The smallest absolute Gasteiger partial charge is 0.226 e. The Morgan fingerprint density at radius 3 is 2.14 bits per heavy atom. The van der Waals surface area contributed by atoms with E-state index in [0.29, 0.717) is 12.3 Å². The van der Waals surface area contributed by atoms with Crippen molar-refractivity contribution in [3.05, 3.63) is 102 Å². The zero-order valence-corrected chi connectivity index (χ0v) is 22.4. The van der Waals surface area contributed by atoms with Gasteiger partial charge in [0.15, 0.2) is 0 Å². The molecule has 0 spiro atoms. The van der Waals surface area contributed by atoms with Gasteiger partial charge in [0.1, 0.15) is 0 Å². The number of likely N-dealkylation sites (tertiary alicyclic amines) is 2. The van der Waals surface area contributed by atoms with Crippen LogP contribution in [0.4, 0.5) is 5.69 Å². The number of para-hydroxylation sites is 1. The van der Waals surface area contributed by atoms with Crippen LogP contribution in [-0.4, -0.2) is 54.5 Å². The largest absolute Gasteiger partial charge is 0.309 e. The molecule has 5 rings (SSSR count). The van der Waals surface area contributed by atoms with E-state index in [1.807, 2.05) is 13.0 Å². The Morgan fingerprint density at radius 2 is 1.49 bits per heavy atom. The lowest BCUT2D eigenvalue weighted by Crippen LogP contribution is -2.60. The Bertz CT molecular complexity index is 1140. The van der Waals surface area contributed by atoms with E-state index in [0.717, 1.165) is 51.4 Å². The topological polar surface area (TPSA) is 26.8 Å². The summed E-state index contributed by atoms with van der Waals surface area (Å²) in [6, 6.07) is 32.1. The number of carbonyl (C=O) groups excluding carboxylic acids is 1. The molecule has 1 amide bonds. The second-order valence-corrected chi connectivity index (χ2v) is 11.0. The van der Waals surface area contributed by atoms with Crippen LogP contribution in [0.1, 0.15) is 37.8 Å². The molecule has 3 aromatic carbocycles. The zero-order valence-electron chi connectivity index (χ0n) is 22.4. The third-order valence-corrected chi connectivity index (χ3v) is 8.75. The Morgan fingerprint density at radius 1 is 0.892 bits per heavy atom. The summed E-state index contributed by atoms with van der Waals surface area (Å²) < 4.78 is 0. The summed E-state index contributed by atoms with van der Waals surface area (Å²) in [5.74, 6) is 0.796. The fourth-order valence-corrected chi connectivity index (χ4v) is 6.78. The highest BCUT2D eigenvalue weighted by Crippen LogP contribution is 2.47. The highest BCUT2D eigenvalue weighted by molar-refractivity contribution is 5.93. The van der Waals surface area contributed by atoms with Crippen LogP contribution < -0.4 is 4.90 Å². The molecule has 2 heterocycles. The monoisotopic (exact) mass is 495 g/mol. The van der Waals surface area contributed by atoms with Crippen LogP contribution in [0.2, 0.25) is 0 Å². The van der Waals surface area contributed by atoms with Crippen LogP contribution in [0.15, 0.2) is 91.0 Å². The highest BCUT2D eigenvalue weighted by Gasteiger charge is 2.54. The van der Waals surface area contributed by atoms with Gasteiger partial charge in [0.05, 0.1) is 0 Å². The predicted octanol–water partition coefficient (Wildman–Crippen LogP) is 5.88. The second kappa shape index (κ2) is 11.6. The SMILES string of the molecule is CCC(=O)N(c1ccccc1)C(C)C12CN(CCc3ccccc3)CCC1CN(Cc1ccccc1)C2. The van der Waals surface area contributed by atoms with Crippen LogP contribution in [0.5, 0.6) is 0 Å². The molecule has 0 bridgehead atoms. The molecule has 4 heteroatoms. The molecule has 3 unspecified atom stereocenters. The number of nitrogens with zero attached hydrogens (tertiary/aromatic N) is 3. The molecule has 0 aromatic heterocycles. The van der Waals surface area contributed by atoms with Gasteiger partial charge in [-0.25, -0.2) is 0 Å². The summed E-state index contributed by atoms with van der Waals surface area (Å²) >= 11 is 0. The molecule has 3 aromatic rings. The van der Waals surface area contributed by atoms with Crippen molar-refractivity contribution in [2.24, 2.45) is 11.3 Å². The number of amides is 1. The van der Waals surface area contributed by atoms with Gasteiger partial charge in [0.2, 0.25) is 5.91 Å². The number of hydrogen-bond donors (Lipinski definition) is 0. The average Bonchev–Trinajstić information content (AvgIpc) is 3.32. The number of carbonyl (C=O) groups is 1. The molecule has 37 heavy (non-hydrogen) atoms. The lowest BCUT2D eigenvalue weighted by atomic mass is 9.68. The van der Waals surface area contributed by atoms with Crippen LogP contribution >= 0.6 is 0 Å². The van der Waals surface area contributed by atoms with E-state index in [-0.39, 0.29) is 17.4 Å². The lowest BCUT2D eigenvalue weighted by Gasteiger charge is -2.51. The van der Waals surface area contributed by atoms with Crippen molar-refractivity contribution in [3.8, 4) is 0 Å². The summed E-state index contributed by atoms with van der Waals surface area (Å²) in [7, 11) is 0. The maximum absolute atomic E-state index is 13.4. The molecule has 4 nitrogen and oxygen atoms in total. The number of benzene rings is 3. The summed E-state index contributed by atoms with van der Waals surface area (Å²) in [4.78, 5) is 20.9. The molecule has 2 aliphatic heterocycles. The molecular formula is C33H41N3O. The normalized spacial score (nSPS) is 22.9. The molecule has 2 aliphatic rings. The van der Waals surface area contributed by atoms with Crippen molar-refractivity contribution < 1.29 is 4.79 Å². The summed E-state index contributed by atoms with van der Waals surface area (Å²) in [6.07, 6.45) is 2.78. The van der Waals surface area contributed by atoms with Gasteiger partial charge in [-0.2, -0.15) is 0 Å². The van der Waals surface area contributed by atoms with Gasteiger partial charge in [-0.1, -0.05) is 85.8 Å². The first kappa shape index (κ1) is 25.7. The van der Waals surface area contributed by atoms with E-state index in [4.69, 9.17) is 0 Å². The molecule has 3 atom stereocenters. The lowest BCUT2D eigenvalue weighted by molar-refractivity contribution is -0.119. The van der Waals surface area contributed by atoms with E-state index in [1.54, 1.807) is 0 Å². The molecule has 194 valence electrons. The maximum Gasteiger partial charge on any atom is 0.226 e. The predicted molar refractivity (Wildman–Crippen MR) is 153 cm³/mol.